The summed E-state index contributed by atoms with van der Waals surface area (Å²) in [5.41, 5.74) is 0. The highest BCUT2D eigenvalue weighted by Crippen LogP contribution is 2.19. The molecule has 3 nitrogen and oxygen atoms in total. The lowest BCUT2D eigenvalue weighted by molar-refractivity contribution is -0.138. The van der Waals surface area contributed by atoms with Gasteiger partial charge in [0.05, 0.1) is 0 Å². The Morgan fingerprint density at radius 2 is 1.82 bits per heavy atom. The Hall–Kier alpha value is -1.98. The van der Waals surface area contributed by atoms with Crippen LogP contribution in [-0.2, 0) is 9.53 Å². The van der Waals surface area contributed by atoms with Gasteiger partial charge in [0.25, 0.3) is 0 Å². The van der Waals surface area contributed by atoms with Crippen molar-refractivity contribution in [2.45, 2.75) is 0 Å². The van der Waals surface area contributed by atoms with Crippen LogP contribution < -0.4 is 4.74 Å². The molecule has 0 radical (unpaired) electrons. The minimum Gasteiger partial charge on any atom is -0.490 e. The van der Waals surface area contributed by atoms with E-state index in [0.29, 0.717) is 12.1 Å². The Labute approximate surface area is 95.5 Å². The second-order valence-corrected chi connectivity index (χ2v) is 2.92. The number of rotatable bonds is 5. The van der Waals surface area contributed by atoms with Gasteiger partial charge in [-0.05, 0) is 0 Å². The van der Waals surface area contributed by atoms with Crippen LogP contribution in [0.2, 0.25) is 0 Å². The number of carbonyl (C=O) groups is 1. The first-order valence-electron chi connectivity index (χ1n) is 4.61. The summed E-state index contributed by atoms with van der Waals surface area (Å²) in [5.74, 6) is -5.07. The molecule has 17 heavy (non-hydrogen) atoms. The lowest BCUT2D eigenvalue weighted by Gasteiger charge is -2.07. The van der Waals surface area contributed by atoms with Crippen LogP contribution in [0, 0.1) is 17.5 Å². The SMILES string of the molecule is C=CC(=O)OCCOc1cc(F)c(F)c(F)c1. The normalized spacial score (nSPS) is 9.82. The molecular weight excluding hydrogens is 237 g/mol. The molecule has 1 aromatic rings. The van der Waals surface area contributed by atoms with E-state index in [0.717, 1.165) is 6.08 Å². The zero-order valence-corrected chi connectivity index (χ0v) is 8.71. The summed E-state index contributed by atoms with van der Waals surface area (Å²) in [6.45, 7) is 2.96. The number of hydrogen-bond acceptors (Lipinski definition) is 3. The third kappa shape index (κ3) is 3.82. The zero-order valence-electron chi connectivity index (χ0n) is 8.71. The molecule has 1 rings (SSSR count). The van der Waals surface area contributed by atoms with Crippen molar-refractivity contribution in [3.8, 4) is 5.75 Å². The van der Waals surface area contributed by atoms with Gasteiger partial charge >= 0.3 is 5.97 Å². The van der Waals surface area contributed by atoms with E-state index in [1.807, 2.05) is 0 Å². The van der Waals surface area contributed by atoms with Crippen molar-refractivity contribution in [1.82, 2.24) is 0 Å². The van der Waals surface area contributed by atoms with Crippen LogP contribution in [0.1, 0.15) is 0 Å². The van der Waals surface area contributed by atoms with E-state index in [1.54, 1.807) is 0 Å². The van der Waals surface area contributed by atoms with Gasteiger partial charge in [-0.2, -0.15) is 0 Å². The first-order valence-corrected chi connectivity index (χ1v) is 4.61. The molecule has 0 aliphatic heterocycles. The summed E-state index contributed by atoms with van der Waals surface area (Å²) >= 11 is 0. The maximum absolute atomic E-state index is 12.7. The zero-order chi connectivity index (χ0) is 12.8. The van der Waals surface area contributed by atoms with E-state index in [-0.39, 0.29) is 19.0 Å². The Morgan fingerprint density at radius 3 is 2.35 bits per heavy atom. The van der Waals surface area contributed by atoms with Gasteiger partial charge in [-0.3, -0.25) is 0 Å². The molecule has 0 aromatic heterocycles. The van der Waals surface area contributed by atoms with Gasteiger partial charge in [-0.1, -0.05) is 6.58 Å². The van der Waals surface area contributed by atoms with E-state index in [9.17, 15) is 18.0 Å². The van der Waals surface area contributed by atoms with E-state index < -0.39 is 23.4 Å². The fourth-order valence-corrected chi connectivity index (χ4v) is 0.976. The quantitative estimate of drug-likeness (QED) is 0.346. The van der Waals surface area contributed by atoms with Crippen molar-refractivity contribution in [2.75, 3.05) is 13.2 Å². The molecule has 0 spiro atoms. The summed E-state index contributed by atoms with van der Waals surface area (Å²) in [6, 6.07) is 1.40. The van der Waals surface area contributed by atoms with Crippen LogP contribution in [0.15, 0.2) is 24.8 Å². The molecule has 0 fully saturated rings. The molecule has 0 aliphatic rings. The molecular formula is C11H9F3O3. The number of carbonyl (C=O) groups excluding carboxylic acids is 1. The van der Waals surface area contributed by atoms with Gasteiger partial charge in [0.15, 0.2) is 17.5 Å². The summed E-state index contributed by atoms with van der Waals surface area (Å²) in [7, 11) is 0. The second kappa shape index (κ2) is 5.93. The largest absolute Gasteiger partial charge is 0.490 e. The van der Waals surface area contributed by atoms with Gasteiger partial charge in [0.1, 0.15) is 19.0 Å². The van der Waals surface area contributed by atoms with E-state index in [2.05, 4.69) is 11.3 Å². The van der Waals surface area contributed by atoms with Crippen molar-refractivity contribution in [2.24, 2.45) is 0 Å². The Balaban J connectivity index is 2.47. The van der Waals surface area contributed by atoms with E-state index >= 15 is 0 Å². The first-order chi connectivity index (χ1) is 8.04. The molecule has 0 N–H and O–H groups in total. The highest BCUT2D eigenvalue weighted by Gasteiger charge is 2.11. The summed E-state index contributed by atoms with van der Waals surface area (Å²) in [6.07, 6.45) is 0.969. The summed E-state index contributed by atoms with van der Waals surface area (Å²) in [5, 5.41) is 0. The van der Waals surface area contributed by atoms with Crippen LogP contribution in [0.4, 0.5) is 13.2 Å². The van der Waals surface area contributed by atoms with Crippen LogP contribution in [0.25, 0.3) is 0 Å². The lowest BCUT2D eigenvalue weighted by Crippen LogP contribution is -2.10. The van der Waals surface area contributed by atoms with Crippen LogP contribution in [0.3, 0.4) is 0 Å². The number of hydrogen-bond donors (Lipinski definition) is 0. The van der Waals surface area contributed by atoms with Gasteiger partial charge in [-0.15, -0.1) is 0 Å². The second-order valence-electron chi connectivity index (χ2n) is 2.92. The summed E-state index contributed by atoms with van der Waals surface area (Å²) < 4.78 is 47.5. The Bertz CT molecular complexity index is 409. The van der Waals surface area contributed by atoms with Crippen molar-refractivity contribution in [3.63, 3.8) is 0 Å². The molecule has 0 saturated carbocycles. The standard InChI is InChI=1S/C11H9F3O3/c1-2-10(15)17-4-3-16-7-5-8(12)11(14)9(13)6-7/h2,5-6H,1,3-4H2. The third-order valence-corrected chi connectivity index (χ3v) is 1.72. The molecule has 0 unspecified atom stereocenters. The van der Waals surface area contributed by atoms with Crippen molar-refractivity contribution in [1.29, 1.82) is 0 Å². The topological polar surface area (TPSA) is 35.5 Å². The predicted octanol–water partition coefficient (Wildman–Crippen LogP) is 2.21. The molecule has 1 aromatic carbocycles. The summed E-state index contributed by atoms with van der Waals surface area (Å²) in [4.78, 5) is 10.6. The number of benzene rings is 1. The highest BCUT2D eigenvalue weighted by atomic mass is 19.2. The average molecular weight is 246 g/mol. The minimum absolute atomic E-state index is 0.106. The van der Waals surface area contributed by atoms with E-state index in [4.69, 9.17) is 4.74 Å². The Kier molecular flexibility index (Phi) is 4.56. The number of halogens is 3. The molecule has 0 atom stereocenters. The third-order valence-electron chi connectivity index (χ3n) is 1.72. The predicted molar refractivity (Wildman–Crippen MR) is 53.0 cm³/mol. The van der Waals surface area contributed by atoms with Crippen molar-refractivity contribution >= 4 is 5.97 Å². The molecule has 92 valence electrons. The van der Waals surface area contributed by atoms with Gasteiger partial charge in [-0.25, -0.2) is 18.0 Å². The smallest absolute Gasteiger partial charge is 0.330 e. The molecule has 0 aliphatic carbocycles. The van der Waals surface area contributed by atoms with Gasteiger partial charge < -0.3 is 9.47 Å². The Morgan fingerprint density at radius 1 is 1.24 bits per heavy atom. The highest BCUT2D eigenvalue weighted by molar-refractivity contribution is 5.81. The lowest BCUT2D eigenvalue weighted by atomic mass is 10.3. The van der Waals surface area contributed by atoms with Gasteiger partial charge in [0.2, 0.25) is 0 Å². The molecule has 0 saturated heterocycles. The molecule has 0 heterocycles. The average Bonchev–Trinajstić information content (AvgIpc) is 2.31. The fourth-order valence-electron chi connectivity index (χ4n) is 0.976. The van der Waals surface area contributed by atoms with Crippen molar-refractivity contribution < 1.29 is 27.4 Å². The molecule has 0 amide bonds. The molecule has 6 heteroatoms. The first kappa shape index (κ1) is 13.1. The minimum atomic E-state index is -1.56. The van der Waals surface area contributed by atoms with Crippen molar-refractivity contribution in [3.05, 3.63) is 42.2 Å². The van der Waals surface area contributed by atoms with E-state index in [1.165, 1.54) is 0 Å². The van der Waals surface area contributed by atoms with Crippen LogP contribution in [-0.4, -0.2) is 19.2 Å². The van der Waals surface area contributed by atoms with Gasteiger partial charge in [0, 0.05) is 18.2 Å². The monoisotopic (exact) mass is 246 g/mol. The maximum Gasteiger partial charge on any atom is 0.330 e. The van der Waals surface area contributed by atoms with Crippen LogP contribution >= 0.6 is 0 Å². The van der Waals surface area contributed by atoms with Crippen LogP contribution in [0.5, 0.6) is 5.75 Å². The number of esters is 1. The number of ether oxygens (including phenoxy) is 2. The fraction of sp³-hybridized carbons (Fsp3) is 0.182. The molecule has 0 bridgehead atoms. The maximum atomic E-state index is 12.7.